The van der Waals surface area contributed by atoms with E-state index in [2.05, 4.69) is 0 Å². The molecular formula is C15H14FNO3. The number of fused-ring (bicyclic) bond motifs is 1. The zero-order valence-corrected chi connectivity index (χ0v) is 10.8. The third kappa shape index (κ3) is 2.53. The Hall–Kier alpha value is -2.27. The number of nitrogens with two attached hydrogens (primary N) is 1. The first-order valence-electron chi connectivity index (χ1n) is 6.26. The lowest BCUT2D eigenvalue weighted by Crippen LogP contribution is -2.05. The smallest absolute Gasteiger partial charge is 0.231 e. The van der Waals surface area contributed by atoms with Crippen molar-refractivity contribution < 1.29 is 18.6 Å². The van der Waals surface area contributed by atoms with Crippen molar-refractivity contribution >= 4 is 0 Å². The van der Waals surface area contributed by atoms with Crippen LogP contribution >= 0.6 is 0 Å². The summed E-state index contributed by atoms with van der Waals surface area (Å²) in [6, 6.07) is 9.83. The SMILES string of the molecule is NCc1ccc(F)cc1COc1ccc2c(c1)OCO2. The van der Waals surface area contributed by atoms with Crippen molar-refractivity contribution in [1.82, 2.24) is 0 Å². The predicted octanol–water partition coefficient (Wildman–Crippen LogP) is 2.59. The highest BCUT2D eigenvalue weighted by Crippen LogP contribution is 2.35. The van der Waals surface area contributed by atoms with Gasteiger partial charge in [0.25, 0.3) is 0 Å². The van der Waals surface area contributed by atoms with Gasteiger partial charge in [0, 0.05) is 12.6 Å². The summed E-state index contributed by atoms with van der Waals surface area (Å²) in [4.78, 5) is 0. The van der Waals surface area contributed by atoms with Crippen molar-refractivity contribution in [1.29, 1.82) is 0 Å². The quantitative estimate of drug-likeness (QED) is 0.931. The Bertz CT molecular complexity index is 631. The highest BCUT2D eigenvalue weighted by Gasteiger charge is 2.14. The summed E-state index contributed by atoms with van der Waals surface area (Å²) in [6.45, 7) is 0.823. The molecule has 20 heavy (non-hydrogen) atoms. The molecule has 5 heteroatoms. The van der Waals surface area contributed by atoms with Gasteiger partial charge in [-0.15, -0.1) is 0 Å². The molecule has 0 aliphatic carbocycles. The number of hydrogen-bond acceptors (Lipinski definition) is 4. The van der Waals surface area contributed by atoms with Crippen LogP contribution in [0.15, 0.2) is 36.4 Å². The Kier molecular flexibility index (Phi) is 3.43. The summed E-state index contributed by atoms with van der Waals surface area (Å²) in [7, 11) is 0. The molecule has 104 valence electrons. The van der Waals surface area contributed by atoms with Crippen LogP contribution in [0.1, 0.15) is 11.1 Å². The minimum atomic E-state index is -0.300. The molecule has 0 spiro atoms. The minimum Gasteiger partial charge on any atom is -0.489 e. The van der Waals surface area contributed by atoms with Crippen LogP contribution in [0.3, 0.4) is 0 Å². The molecule has 0 amide bonds. The normalized spacial score (nSPS) is 12.5. The van der Waals surface area contributed by atoms with Gasteiger partial charge in [0.15, 0.2) is 11.5 Å². The van der Waals surface area contributed by atoms with Crippen LogP contribution in [0, 0.1) is 5.82 Å². The van der Waals surface area contributed by atoms with Crippen molar-refractivity contribution in [3.63, 3.8) is 0 Å². The monoisotopic (exact) mass is 275 g/mol. The molecule has 1 heterocycles. The van der Waals surface area contributed by atoms with Gasteiger partial charge in [-0.2, -0.15) is 0 Å². The van der Waals surface area contributed by atoms with Crippen molar-refractivity contribution in [3.8, 4) is 17.2 Å². The first-order chi connectivity index (χ1) is 9.76. The summed E-state index contributed by atoms with van der Waals surface area (Å²) >= 11 is 0. The van der Waals surface area contributed by atoms with E-state index in [0.29, 0.717) is 23.8 Å². The molecule has 1 aliphatic heterocycles. The van der Waals surface area contributed by atoms with Gasteiger partial charge in [0.2, 0.25) is 6.79 Å². The molecule has 1 aliphatic rings. The Morgan fingerprint density at radius 3 is 2.75 bits per heavy atom. The van der Waals surface area contributed by atoms with Crippen LogP contribution in [0.5, 0.6) is 17.2 Å². The molecule has 0 atom stereocenters. The van der Waals surface area contributed by atoms with E-state index in [1.54, 1.807) is 24.3 Å². The summed E-state index contributed by atoms with van der Waals surface area (Å²) in [5, 5.41) is 0. The lowest BCUT2D eigenvalue weighted by molar-refractivity contribution is 0.173. The summed E-state index contributed by atoms with van der Waals surface area (Å²) in [5.41, 5.74) is 7.24. The highest BCUT2D eigenvalue weighted by atomic mass is 19.1. The first-order valence-corrected chi connectivity index (χ1v) is 6.26. The number of benzene rings is 2. The molecular weight excluding hydrogens is 261 g/mol. The fourth-order valence-electron chi connectivity index (χ4n) is 2.06. The fourth-order valence-corrected chi connectivity index (χ4v) is 2.06. The molecule has 0 bridgehead atoms. The van der Waals surface area contributed by atoms with E-state index >= 15 is 0 Å². The van der Waals surface area contributed by atoms with E-state index < -0.39 is 0 Å². The van der Waals surface area contributed by atoms with E-state index in [-0.39, 0.29) is 19.2 Å². The van der Waals surface area contributed by atoms with E-state index in [1.165, 1.54) is 12.1 Å². The second kappa shape index (κ2) is 5.38. The van der Waals surface area contributed by atoms with Crippen LogP contribution in [0.2, 0.25) is 0 Å². The maximum atomic E-state index is 13.3. The van der Waals surface area contributed by atoms with E-state index in [1.807, 2.05) is 0 Å². The van der Waals surface area contributed by atoms with E-state index in [0.717, 1.165) is 11.1 Å². The fraction of sp³-hybridized carbons (Fsp3) is 0.200. The standard InChI is InChI=1S/C15H14FNO3/c16-12-2-1-10(7-17)11(5-12)8-18-13-3-4-14-15(6-13)20-9-19-14/h1-6H,7-9,17H2. The predicted molar refractivity (Wildman–Crippen MR) is 71.2 cm³/mol. The van der Waals surface area contributed by atoms with Crippen LogP contribution in [0.25, 0.3) is 0 Å². The topological polar surface area (TPSA) is 53.7 Å². The van der Waals surface area contributed by atoms with Crippen LogP contribution in [-0.4, -0.2) is 6.79 Å². The van der Waals surface area contributed by atoms with Gasteiger partial charge in [-0.05, 0) is 35.4 Å². The molecule has 2 aromatic rings. The zero-order chi connectivity index (χ0) is 13.9. The van der Waals surface area contributed by atoms with Crippen molar-refractivity contribution in [2.24, 2.45) is 5.73 Å². The largest absolute Gasteiger partial charge is 0.489 e. The number of rotatable bonds is 4. The maximum Gasteiger partial charge on any atom is 0.231 e. The summed E-state index contributed by atoms with van der Waals surface area (Å²) < 4.78 is 29.4. The average molecular weight is 275 g/mol. The highest BCUT2D eigenvalue weighted by molar-refractivity contribution is 5.47. The molecule has 0 radical (unpaired) electrons. The van der Waals surface area contributed by atoms with Gasteiger partial charge in [-0.25, -0.2) is 4.39 Å². The van der Waals surface area contributed by atoms with Gasteiger partial charge in [0.05, 0.1) is 0 Å². The molecule has 2 aromatic carbocycles. The Morgan fingerprint density at radius 2 is 1.90 bits per heavy atom. The molecule has 0 saturated heterocycles. The molecule has 0 saturated carbocycles. The molecule has 0 unspecified atom stereocenters. The Balaban J connectivity index is 1.75. The lowest BCUT2D eigenvalue weighted by Gasteiger charge is -2.10. The van der Waals surface area contributed by atoms with Crippen LogP contribution in [-0.2, 0) is 13.2 Å². The van der Waals surface area contributed by atoms with Gasteiger partial charge in [-0.3, -0.25) is 0 Å². The average Bonchev–Trinajstić information content (AvgIpc) is 2.92. The van der Waals surface area contributed by atoms with Gasteiger partial charge < -0.3 is 19.9 Å². The van der Waals surface area contributed by atoms with Gasteiger partial charge in [-0.1, -0.05) is 6.07 Å². The van der Waals surface area contributed by atoms with Crippen molar-refractivity contribution in [2.75, 3.05) is 6.79 Å². The zero-order valence-electron chi connectivity index (χ0n) is 10.8. The Labute approximate surface area is 115 Å². The summed E-state index contributed by atoms with van der Waals surface area (Å²) in [6.07, 6.45) is 0. The van der Waals surface area contributed by atoms with Crippen molar-refractivity contribution in [3.05, 3.63) is 53.3 Å². The third-order valence-corrected chi connectivity index (χ3v) is 3.13. The van der Waals surface area contributed by atoms with Crippen LogP contribution in [0.4, 0.5) is 4.39 Å². The van der Waals surface area contributed by atoms with Crippen molar-refractivity contribution in [2.45, 2.75) is 13.2 Å². The van der Waals surface area contributed by atoms with Crippen LogP contribution < -0.4 is 19.9 Å². The molecule has 0 aromatic heterocycles. The first kappa shape index (κ1) is 12.7. The van der Waals surface area contributed by atoms with E-state index in [9.17, 15) is 4.39 Å². The molecule has 2 N–H and O–H groups in total. The Morgan fingerprint density at radius 1 is 1.05 bits per heavy atom. The molecule has 4 nitrogen and oxygen atoms in total. The third-order valence-electron chi connectivity index (χ3n) is 3.13. The molecule has 0 fully saturated rings. The maximum absolute atomic E-state index is 13.3. The van der Waals surface area contributed by atoms with Gasteiger partial charge in [0.1, 0.15) is 18.2 Å². The minimum absolute atomic E-state index is 0.222. The van der Waals surface area contributed by atoms with Gasteiger partial charge >= 0.3 is 0 Å². The van der Waals surface area contributed by atoms with E-state index in [4.69, 9.17) is 19.9 Å². The summed E-state index contributed by atoms with van der Waals surface area (Å²) in [5.74, 6) is 1.69. The second-order valence-corrected chi connectivity index (χ2v) is 4.42. The molecule has 3 rings (SSSR count). The number of hydrogen-bond donors (Lipinski definition) is 1. The lowest BCUT2D eigenvalue weighted by atomic mass is 10.1. The number of ether oxygens (including phenoxy) is 3. The number of halogens is 1. The second-order valence-electron chi connectivity index (χ2n) is 4.42.